The van der Waals surface area contributed by atoms with Crippen LogP contribution in [0.25, 0.3) is 0 Å². The topological polar surface area (TPSA) is 67.8 Å². The van der Waals surface area contributed by atoms with Crippen molar-refractivity contribution in [1.82, 2.24) is 0 Å². The third kappa shape index (κ3) is 3.27. The zero-order valence-corrected chi connectivity index (χ0v) is 12.0. The molecule has 0 unspecified atom stereocenters. The van der Waals surface area contributed by atoms with E-state index < -0.39 is 5.82 Å². The summed E-state index contributed by atoms with van der Waals surface area (Å²) in [6.45, 7) is 0.175. The molecule has 0 saturated heterocycles. The lowest BCUT2D eigenvalue weighted by Crippen LogP contribution is -2.17. The van der Waals surface area contributed by atoms with Crippen molar-refractivity contribution in [3.63, 3.8) is 0 Å². The quantitative estimate of drug-likeness (QED) is 0.389. The van der Waals surface area contributed by atoms with Gasteiger partial charge in [-0.2, -0.15) is 0 Å². The monoisotopic (exact) mass is 338 g/mol. The second-order valence-corrected chi connectivity index (χ2v) is 4.86. The highest BCUT2D eigenvalue weighted by Crippen LogP contribution is 2.25. The molecule has 4 nitrogen and oxygen atoms in total. The molecule has 3 N–H and O–H groups in total. The van der Waals surface area contributed by atoms with E-state index in [1.54, 1.807) is 12.1 Å². The van der Waals surface area contributed by atoms with Gasteiger partial charge in [-0.1, -0.05) is 23.4 Å². The number of hydrogen-bond acceptors (Lipinski definition) is 3. The van der Waals surface area contributed by atoms with Gasteiger partial charge in [0.15, 0.2) is 5.84 Å². The molecular weight excluding hydrogens is 327 g/mol. The SMILES string of the molecule is NC(=NO)c1cc(F)ccc1COc1ccccc1Br. The summed E-state index contributed by atoms with van der Waals surface area (Å²) < 4.78 is 19.7. The first kappa shape index (κ1) is 14.3. The molecule has 0 aromatic heterocycles. The molecule has 0 radical (unpaired) electrons. The summed E-state index contributed by atoms with van der Waals surface area (Å²) in [6.07, 6.45) is 0. The summed E-state index contributed by atoms with van der Waals surface area (Å²) in [5.74, 6) is 0.0359. The Labute approximate surface area is 123 Å². The Morgan fingerprint density at radius 2 is 2.05 bits per heavy atom. The highest BCUT2D eigenvalue weighted by atomic mass is 79.9. The van der Waals surface area contributed by atoms with E-state index in [1.807, 2.05) is 18.2 Å². The van der Waals surface area contributed by atoms with Gasteiger partial charge in [0.05, 0.1) is 4.47 Å². The van der Waals surface area contributed by atoms with Crippen molar-refractivity contribution in [1.29, 1.82) is 0 Å². The van der Waals surface area contributed by atoms with E-state index in [9.17, 15) is 4.39 Å². The van der Waals surface area contributed by atoms with E-state index in [0.717, 1.165) is 4.47 Å². The molecule has 0 aliphatic rings. The van der Waals surface area contributed by atoms with E-state index >= 15 is 0 Å². The maximum absolute atomic E-state index is 13.2. The molecule has 104 valence electrons. The summed E-state index contributed by atoms with van der Waals surface area (Å²) in [5, 5.41) is 11.6. The van der Waals surface area contributed by atoms with Gasteiger partial charge in [0, 0.05) is 11.1 Å². The Morgan fingerprint density at radius 3 is 2.75 bits per heavy atom. The second-order valence-electron chi connectivity index (χ2n) is 4.01. The molecule has 0 atom stereocenters. The Hall–Kier alpha value is -2.08. The number of halogens is 2. The highest BCUT2D eigenvalue weighted by molar-refractivity contribution is 9.10. The maximum atomic E-state index is 13.2. The van der Waals surface area contributed by atoms with Crippen LogP contribution in [0.4, 0.5) is 4.39 Å². The molecule has 2 aromatic carbocycles. The summed E-state index contributed by atoms with van der Waals surface area (Å²) in [5.41, 5.74) is 6.46. The number of amidine groups is 1. The van der Waals surface area contributed by atoms with Gasteiger partial charge >= 0.3 is 0 Å². The molecule has 0 saturated carbocycles. The molecule has 0 amide bonds. The van der Waals surface area contributed by atoms with E-state index in [2.05, 4.69) is 21.1 Å². The van der Waals surface area contributed by atoms with Gasteiger partial charge in [-0.3, -0.25) is 0 Å². The average Bonchev–Trinajstić information content (AvgIpc) is 2.46. The van der Waals surface area contributed by atoms with E-state index in [-0.39, 0.29) is 12.4 Å². The van der Waals surface area contributed by atoms with Crippen molar-refractivity contribution in [2.24, 2.45) is 10.9 Å². The minimum absolute atomic E-state index is 0.157. The molecule has 0 fully saturated rings. The maximum Gasteiger partial charge on any atom is 0.170 e. The normalized spacial score (nSPS) is 11.4. The largest absolute Gasteiger partial charge is 0.488 e. The van der Waals surface area contributed by atoms with Crippen LogP contribution >= 0.6 is 15.9 Å². The van der Waals surface area contributed by atoms with Crippen molar-refractivity contribution in [3.8, 4) is 5.75 Å². The van der Waals surface area contributed by atoms with Gasteiger partial charge in [-0.05, 0) is 40.2 Å². The molecule has 20 heavy (non-hydrogen) atoms. The number of hydrogen-bond donors (Lipinski definition) is 2. The van der Waals surface area contributed by atoms with E-state index in [0.29, 0.717) is 16.9 Å². The van der Waals surface area contributed by atoms with Gasteiger partial charge in [-0.25, -0.2) is 4.39 Å². The molecule has 0 heterocycles. The minimum atomic E-state index is -0.462. The molecule has 2 rings (SSSR count). The number of oxime groups is 1. The average molecular weight is 339 g/mol. The van der Waals surface area contributed by atoms with Gasteiger partial charge in [-0.15, -0.1) is 0 Å². The number of para-hydroxylation sites is 1. The van der Waals surface area contributed by atoms with Crippen LogP contribution in [-0.2, 0) is 6.61 Å². The smallest absolute Gasteiger partial charge is 0.170 e. The van der Waals surface area contributed by atoms with Crippen molar-refractivity contribution in [2.75, 3.05) is 0 Å². The van der Waals surface area contributed by atoms with Gasteiger partial charge < -0.3 is 15.7 Å². The molecule has 0 bridgehead atoms. The fraction of sp³-hybridized carbons (Fsp3) is 0.0714. The first-order valence-electron chi connectivity index (χ1n) is 5.75. The predicted octanol–water partition coefficient (Wildman–Crippen LogP) is 3.26. The van der Waals surface area contributed by atoms with Crippen molar-refractivity contribution >= 4 is 21.8 Å². The van der Waals surface area contributed by atoms with Gasteiger partial charge in [0.25, 0.3) is 0 Å². The first-order valence-corrected chi connectivity index (χ1v) is 6.54. The van der Waals surface area contributed by atoms with Crippen LogP contribution in [0.3, 0.4) is 0 Å². The number of benzene rings is 2. The molecular formula is C14H12BrFN2O2. The van der Waals surface area contributed by atoms with Crippen molar-refractivity contribution in [3.05, 3.63) is 63.9 Å². The predicted molar refractivity (Wildman–Crippen MR) is 77.4 cm³/mol. The Kier molecular flexibility index (Phi) is 4.57. The molecule has 0 aliphatic heterocycles. The molecule has 6 heteroatoms. The van der Waals surface area contributed by atoms with Crippen LogP contribution in [-0.4, -0.2) is 11.0 Å². The Morgan fingerprint density at radius 1 is 1.30 bits per heavy atom. The fourth-order valence-electron chi connectivity index (χ4n) is 1.68. The molecule has 0 aliphatic carbocycles. The van der Waals surface area contributed by atoms with Crippen LogP contribution in [0.5, 0.6) is 5.75 Å². The number of nitrogens with two attached hydrogens (primary N) is 1. The number of nitrogens with zero attached hydrogens (tertiary/aromatic N) is 1. The summed E-state index contributed by atoms with van der Waals surface area (Å²) in [7, 11) is 0. The highest BCUT2D eigenvalue weighted by Gasteiger charge is 2.10. The molecule has 2 aromatic rings. The zero-order valence-electron chi connectivity index (χ0n) is 10.4. The standard InChI is InChI=1S/C14H12BrFN2O2/c15-12-3-1-2-4-13(12)20-8-9-5-6-10(16)7-11(9)14(17)18-19/h1-7,19H,8H2,(H2,17,18). The summed E-state index contributed by atoms with van der Waals surface area (Å²) >= 11 is 3.37. The lowest BCUT2D eigenvalue weighted by molar-refractivity contribution is 0.303. The van der Waals surface area contributed by atoms with Crippen LogP contribution < -0.4 is 10.5 Å². The number of rotatable bonds is 4. The zero-order chi connectivity index (χ0) is 14.5. The van der Waals surface area contributed by atoms with Crippen LogP contribution in [0.2, 0.25) is 0 Å². The fourth-order valence-corrected chi connectivity index (χ4v) is 2.08. The summed E-state index contributed by atoms with van der Waals surface area (Å²) in [4.78, 5) is 0. The van der Waals surface area contributed by atoms with E-state index in [4.69, 9.17) is 15.7 Å². The second kappa shape index (κ2) is 6.38. The van der Waals surface area contributed by atoms with E-state index in [1.165, 1.54) is 12.1 Å². The Balaban J connectivity index is 2.24. The third-order valence-electron chi connectivity index (χ3n) is 2.68. The van der Waals surface area contributed by atoms with Gasteiger partial charge in [0.1, 0.15) is 18.2 Å². The lowest BCUT2D eigenvalue weighted by atomic mass is 10.1. The van der Waals surface area contributed by atoms with Crippen LogP contribution in [0.15, 0.2) is 52.1 Å². The minimum Gasteiger partial charge on any atom is -0.488 e. The van der Waals surface area contributed by atoms with Crippen molar-refractivity contribution < 1.29 is 14.3 Å². The van der Waals surface area contributed by atoms with Crippen LogP contribution in [0, 0.1) is 5.82 Å². The van der Waals surface area contributed by atoms with Crippen LogP contribution in [0.1, 0.15) is 11.1 Å². The molecule has 0 spiro atoms. The Bertz CT molecular complexity index is 647. The summed E-state index contributed by atoms with van der Waals surface area (Å²) in [6, 6.07) is 11.4. The first-order chi connectivity index (χ1) is 9.61. The number of ether oxygens (including phenoxy) is 1. The third-order valence-corrected chi connectivity index (χ3v) is 3.33. The lowest BCUT2D eigenvalue weighted by Gasteiger charge is -2.11. The van der Waals surface area contributed by atoms with Gasteiger partial charge in [0.2, 0.25) is 0 Å². The van der Waals surface area contributed by atoms with Crippen molar-refractivity contribution in [2.45, 2.75) is 6.61 Å².